The summed E-state index contributed by atoms with van der Waals surface area (Å²) in [4.78, 5) is 0. The lowest BCUT2D eigenvalue weighted by Gasteiger charge is -2.17. The third-order valence-corrected chi connectivity index (χ3v) is 10.7. The van der Waals surface area contributed by atoms with Gasteiger partial charge < -0.3 is 14.3 Å². The molecular formula is C15H27NO3P2. The average molecular weight is 331 g/mol. The van der Waals surface area contributed by atoms with Crippen molar-refractivity contribution < 1.29 is 13.9 Å². The van der Waals surface area contributed by atoms with E-state index in [4.69, 9.17) is 0 Å². The molecule has 0 atom stereocenters. The quantitative estimate of drug-likeness (QED) is 0.409. The minimum atomic E-state index is -2.30. The topological polar surface area (TPSA) is 61.1 Å². The van der Waals surface area contributed by atoms with Gasteiger partial charge in [-0.2, -0.15) is 4.73 Å². The molecule has 0 spiro atoms. The SMILES string of the molecule is CCP(=O)(CC)Cc1cccc(CP(=O)(CC)CC)[n+]1[O-]. The van der Waals surface area contributed by atoms with Gasteiger partial charge in [-0.25, -0.2) is 0 Å². The second-order valence-corrected chi connectivity index (χ2v) is 12.9. The van der Waals surface area contributed by atoms with E-state index < -0.39 is 14.3 Å². The van der Waals surface area contributed by atoms with Crippen LogP contribution in [0.2, 0.25) is 0 Å². The Kier molecular flexibility index (Phi) is 6.69. The smallest absolute Gasteiger partial charge is 0.200 e. The first-order chi connectivity index (χ1) is 9.83. The molecule has 120 valence electrons. The van der Waals surface area contributed by atoms with E-state index in [1.807, 2.05) is 33.8 Å². The summed E-state index contributed by atoms with van der Waals surface area (Å²) in [6, 6.07) is 5.28. The summed E-state index contributed by atoms with van der Waals surface area (Å²) in [5.74, 6) is 0. The van der Waals surface area contributed by atoms with Crippen LogP contribution >= 0.6 is 14.3 Å². The second kappa shape index (κ2) is 7.61. The Morgan fingerprint density at radius 1 is 0.857 bits per heavy atom. The van der Waals surface area contributed by atoms with Gasteiger partial charge in [0.05, 0.1) is 26.6 Å². The number of aromatic nitrogens is 1. The van der Waals surface area contributed by atoms with Crippen LogP contribution in [0.5, 0.6) is 0 Å². The van der Waals surface area contributed by atoms with Crippen molar-refractivity contribution in [3.63, 3.8) is 0 Å². The molecule has 1 rings (SSSR count). The molecule has 0 saturated carbocycles. The van der Waals surface area contributed by atoms with E-state index in [9.17, 15) is 14.3 Å². The summed E-state index contributed by atoms with van der Waals surface area (Å²) >= 11 is 0. The Bertz CT molecular complexity index is 510. The van der Waals surface area contributed by atoms with E-state index in [0.29, 0.717) is 48.4 Å². The highest BCUT2D eigenvalue weighted by Gasteiger charge is 2.26. The summed E-state index contributed by atoms with van der Waals surface area (Å²) in [5, 5.41) is 12.5. The van der Waals surface area contributed by atoms with Crippen molar-refractivity contribution in [2.75, 3.05) is 24.6 Å². The zero-order valence-electron chi connectivity index (χ0n) is 13.5. The van der Waals surface area contributed by atoms with Gasteiger partial charge in [-0.1, -0.05) is 27.7 Å². The fourth-order valence-corrected chi connectivity index (χ4v) is 5.75. The van der Waals surface area contributed by atoms with Crippen LogP contribution in [0.25, 0.3) is 0 Å². The molecule has 4 nitrogen and oxygen atoms in total. The van der Waals surface area contributed by atoms with Crippen LogP contribution in [0.3, 0.4) is 0 Å². The zero-order chi connectivity index (χ0) is 16.1. The van der Waals surface area contributed by atoms with E-state index in [1.54, 1.807) is 12.1 Å². The maximum Gasteiger partial charge on any atom is 0.200 e. The third kappa shape index (κ3) is 4.69. The highest BCUT2D eigenvalue weighted by molar-refractivity contribution is 7.63. The van der Waals surface area contributed by atoms with E-state index >= 15 is 0 Å². The number of nitrogens with zero attached hydrogens (tertiary/aromatic N) is 1. The van der Waals surface area contributed by atoms with Gasteiger partial charge in [0.15, 0.2) is 11.4 Å². The van der Waals surface area contributed by atoms with Crippen LogP contribution < -0.4 is 4.73 Å². The lowest BCUT2D eigenvalue weighted by Crippen LogP contribution is -2.36. The number of pyridine rings is 1. The largest absolute Gasteiger partial charge is 0.618 e. The minimum Gasteiger partial charge on any atom is -0.618 e. The molecule has 1 aromatic rings. The van der Waals surface area contributed by atoms with Crippen LogP contribution in [0.15, 0.2) is 18.2 Å². The number of rotatable bonds is 8. The Labute approximate surface area is 128 Å². The molecule has 0 saturated heterocycles. The van der Waals surface area contributed by atoms with Crippen molar-refractivity contribution in [3.05, 3.63) is 34.8 Å². The molecule has 1 heterocycles. The third-order valence-electron chi connectivity index (χ3n) is 4.30. The van der Waals surface area contributed by atoms with Crippen LogP contribution in [-0.4, -0.2) is 24.6 Å². The first-order valence-corrected chi connectivity index (χ1v) is 12.2. The van der Waals surface area contributed by atoms with E-state index in [0.717, 1.165) is 4.73 Å². The van der Waals surface area contributed by atoms with Crippen LogP contribution in [0.1, 0.15) is 39.1 Å². The summed E-state index contributed by atoms with van der Waals surface area (Å²) in [6.07, 6.45) is 3.10. The first kappa shape index (κ1) is 18.5. The molecule has 0 fully saturated rings. The molecule has 0 aliphatic rings. The van der Waals surface area contributed by atoms with Gasteiger partial charge in [0, 0.05) is 12.1 Å². The molecule has 0 unspecified atom stereocenters. The van der Waals surface area contributed by atoms with Crippen molar-refractivity contribution in [1.29, 1.82) is 0 Å². The van der Waals surface area contributed by atoms with E-state index in [2.05, 4.69) is 0 Å². The lowest BCUT2D eigenvalue weighted by atomic mass is 10.3. The fraction of sp³-hybridized carbons (Fsp3) is 0.667. The average Bonchev–Trinajstić information content (AvgIpc) is 2.51. The van der Waals surface area contributed by atoms with E-state index in [-0.39, 0.29) is 0 Å². The van der Waals surface area contributed by atoms with Gasteiger partial charge in [-0.3, -0.25) is 0 Å². The van der Waals surface area contributed by atoms with Crippen molar-refractivity contribution in [3.8, 4) is 0 Å². The summed E-state index contributed by atoms with van der Waals surface area (Å²) < 4.78 is 26.0. The maximum absolute atomic E-state index is 12.6. The van der Waals surface area contributed by atoms with Crippen molar-refractivity contribution in [2.45, 2.75) is 40.0 Å². The van der Waals surface area contributed by atoms with Crippen molar-refractivity contribution >= 4 is 14.3 Å². The molecular weight excluding hydrogens is 304 g/mol. The zero-order valence-corrected chi connectivity index (χ0v) is 15.3. The molecule has 0 aliphatic heterocycles. The number of hydrogen-bond donors (Lipinski definition) is 0. The summed E-state index contributed by atoms with van der Waals surface area (Å²) in [7, 11) is -4.61. The van der Waals surface area contributed by atoms with Gasteiger partial charge >= 0.3 is 0 Å². The van der Waals surface area contributed by atoms with Crippen LogP contribution in [0.4, 0.5) is 0 Å². The Morgan fingerprint density at radius 2 is 1.19 bits per heavy atom. The summed E-state index contributed by atoms with van der Waals surface area (Å²) in [5.41, 5.74) is 1.08. The number of hydrogen-bond acceptors (Lipinski definition) is 3. The highest BCUT2D eigenvalue weighted by Crippen LogP contribution is 2.49. The summed E-state index contributed by atoms with van der Waals surface area (Å²) in [6.45, 7) is 7.63. The minimum absolute atomic E-state index is 0.333. The molecule has 0 aromatic carbocycles. The first-order valence-electron chi connectivity index (χ1n) is 7.67. The van der Waals surface area contributed by atoms with Crippen LogP contribution in [0, 0.1) is 5.21 Å². The van der Waals surface area contributed by atoms with Gasteiger partial charge in [0.2, 0.25) is 0 Å². The Balaban J connectivity index is 3.10. The fourth-order valence-electron chi connectivity index (χ4n) is 2.31. The maximum atomic E-state index is 12.6. The molecule has 0 aliphatic carbocycles. The lowest BCUT2D eigenvalue weighted by molar-refractivity contribution is -0.620. The monoisotopic (exact) mass is 331 g/mol. The predicted octanol–water partition coefficient (Wildman–Crippen LogP) is 4.13. The van der Waals surface area contributed by atoms with Gasteiger partial charge in [-0.15, -0.1) is 0 Å². The van der Waals surface area contributed by atoms with E-state index in [1.165, 1.54) is 0 Å². The van der Waals surface area contributed by atoms with Gasteiger partial charge in [-0.05, 0) is 30.7 Å². The standard InChI is InChI=1S/C15H27NO3P2/c1-5-20(18,6-2)12-14-10-9-11-15(16(14)17)13-21(19,7-3)8-4/h9-11H,5-8,12-13H2,1-4H3. The predicted molar refractivity (Wildman–Crippen MR) is 90.2 cm³/mol. The Morgan fingerprint density at radius 3 is 1.48 bits per heavy atom. The molecule has 21 heavy (non-hydrogen) atoms. The molecule has 0 bridgehead atoms. The van der Waals surface area contributed by atoms with Crippen LogP contribution in [-0.2, 0) is 21.5 Å². The Hall–Kier alpha value is -0.590. The molecule has 6 heteroatoms. The van der Waals surface area contributed by atoms with Crippen molar-refractivity contribution in [2.24, 2.45) is 0 Å². The second-order valence-electron chi connectivity index (χ2n) is 5.50. The van der Waals surface area contributed by atoms with Crippen molar-refractivity contribution in [1.82, 2.24) is 0 Å². The molecule has 0 N–H and O–H groups in total. The molecule has 1 aromatic heterocycles. The normalized spacial score (nSPS) is 12.6. The van der Waals surface area contributed by atoms with Gasteiger partial charge in [0.25, 0.3) is 0 Å². The molecule has 0 amide bonds. The molecule has 0 radical (unpaired) electrons. The highest BCUT2D eigenvalue weighted by atomic mass is 31.2. The van der Waals surface area contributed by atoms with Gasteiger partial charge in [0.1, 0.15) is 0 Å².